The molecule has 0 aliphatic heterocycles. The number of non-ortho nitro benzene ring substituents is 1. The summed E-state index contributed by atoms with van der Waals surface area (Å²) in [6.07, 6.45) is 1.26. The van der Waals surface area contributed by atoms with Crippen LogP contribution in [0.2, 0.25) is 0 Å². The highest BCUT2D eigenvalue weighted by Crippen LogP contribution is 2.10. The molecule has 7 heteroatoms. The normalized spacial score (nSPS) is 10.2. The van der Waals surface area contributed by atoms with Crippen LogP contribution in [0.15, 0.2) is 29.3 Å². The second kappa shape index (κ2) is 4.82. The quantitative estimate of drug-likeness (QED) is 0.243. The number of carbonyl (C=O) groups excluding carboxylic acids is 1. The summed E-state index contributed by atoms with van der Waals surface area (Å²) in [7, 11) is 0. The maximum Gasteiger partial charge on any atom is 0.355 e. The molecule has 0 fully saturated rings. The number of nitro benzene ring substituents is 1. The maximum atomic E-state index is 10.6. The molecule has 0 radical (unpaired) electrons. The number of nitrogens with zero attached hydrogens (tertiary/aromatic N) is 2. The Morgan fingerprint density at radius 2 is 2.07 bits per heavy atom. The SMILES string of the molecule is NNC(=O)/N=C/c1ccc([N+](=O)[O-])cc1. The fraction of sp³-hybridized carbons (Fsp3) is 0. The van der Waals surface area contributed by atoms with E-state index in [1.54, 1.807) is 0 Å². The average molecular weight is 208 g/mol. The zero-order chi connectivity index (χ0) is 11.3. The molecule has 0 spiro atoms. The van der Waals surface area contributed by atoms with Crippen LogP contribution in [0.5, 0.6) is 0 Å². The van der Waals surface area contributed by atoms with Crippen LogP contribution in [0.4, 0.5) is 10.5 Å². The van der Waals surface area contributed by atoms with Crippen LogP contribution in [0.3, 0.4) is 0 Å². The lowest BCUT2D eigenvalue weighted by Crippen LogP contribution is -2.26. The van der Waals surface area contributed by atoms with Gasteiger partial charge in [-0.05, 0) is 17.7 Å². The second-order valence-corrected chi connectivity index (χ2v) is 2.56. The van der Waals surface area contributed by atoms with Crippen molar-refractivity contribution in [2.75, 3.05) is 0 Å². The average Bonchev–Trinajstić information content (AvgIpc) is 2.26. The number of nitro groups is 1. The molecule has 3 N–H and O–H groups in total. The highest BCUT2D eigenvalue weighted by atomic mass is 16.6. The van der Waals surface area contributed by atoms with Crippen molar-refractivity contribution in [1.29, 1.82) is 0 Å². The van der Waals surface area contributed by atoms with E-state index in [0.717, 1.165) is 0 Å². The van der Waals surface area contributed by atoms with Crippen molar-refractivity contribution in [3.8, 4) is 0 Å². The van der Waals surface area contributed by atoms with Gasteiger partial charge in [-0.15, -0.1) is 0 Å². The van der Waals surface area contributed by atoms with E-state index in [2.05, 4.69) is 4.99 Å². The number of urea groups is 1. The number of hydrogen-bond acceptors (Lipinski definition) is 4. The molecule has 15 heavy (non-hydrogen) atoms. The van der Waals surface area contributed by atoms with Gasteiger partial charge in [0, 0.05) is 18.3 Å². The minimum Gasteiger partial charge on any atom is -0.274 e. The molecule has 0 heterocycles. The minimum atomic E-state index is -0.687. The van der Waals surface area contributed by atoms with Crippen LogP contribution < -0.4 is 11.3 Å². The van der Waals surface area contributed by atoms with Crippen molar-refractivity contribution in [3.05, 3.63) is 39.9 Å². The molecule has 1 aromatic rings. The summed E-state index contributed by atoms with van der Waals surface area (Å²) in [5, 5.41) is 10.3. The first kappa shape index (κ1) is 10.8. The zero-order valence-corrected chi connectivity index (χ0v) is 7.58. The second-order valence-electron chi connectivity index (χ2n) is 2.56. The topological polar surface area (TPSA) is 111 Å². The Kier molecular flexibility index (Phi) is 3.47. The van der Waals surface area contributed by atoms with Crippen molar-refractivity contribution >= 4 is 17.9 Å². The van der Waals surface area contributed by atoms with Crippen LogP contribution in [0.25, 0.3) is 0 Å². The number of hydrogen-bond donors (Lipinski definition) is 2. The molecule has 2 amide bonds. The third kappa shape index (κ3) is 3.16. The van der Waals surface area contributed by atoms with Crippen LogP contribution in [0, 0.1) is 10.1 Å². The Morgan fingerprint density at radius 1 is 1.47 bits per heavy atom. The monoisotopic (exact) mass is 208 g/mol. The number of benzene rings is 1. The van der Waals surface area contributed by atoms with E-state index in [4.69, 9.17) is 5.84 Å². The third-order valence-corrected chi connectivity index (χ3v) is 1.56. The molecule has 0 bridgehead atoms. The number of hydrazine groups is 1. The van der Waals surface area contributed by atoms with E-state index in [-0.39, 0.29) is 5.69 Å². The number of rotatable bonds is 2. The largest absolute Gasteiger partial charge is 0.355 e. The van der Waals surface area contributed by atoms with Gasteiger partial charge in [0.15, 0.2) is 0 Å². The van der Waals surface area contributed by atoms with Crippen LogP contribution in [-0.2, 0) is 0 Å². The van der Waals surface area contributed by atoms with Gasteiger partial charge >= 0.3 is 6.03 Å². The molecule has 0 atom stereocenters. The Labute approximate surface area is 84.7 Å². The summed E-state index contributed by atoms with van der Waals surface area (Å²) in [5.41, 5.74) is 2.37. The zero-order valence-electron chi connectivity index (χ0n) is 7.58. The smallest absolute Gasteiger partial charge is 0.274 e. The Bertz CT molecular complexity index is 399. The molecule has 0 saturated heterocycles. The summed E-state index contributed by atoms with van der Waals surface area (Å²) in [6, 6.07) is 4.91. The number of aliphatic imine (C=N–C) groups is 1. The standard InChI is InChI=1S/C8H8N4O3/c9-11-8(13)10-5-6-1-3-7(4-2-6)12(14)15/h1-5H,9H2,(H,11,13)/b10-5+. The van der Waals surface area contributed by atoms with Gasteiger partial charge in [0.1, 0.15) is 0 Å². The number of carbonyl (C=O) groups is 1. The van der Waals surface area contributed by atoms with Crippen molar-refractivity contribution < 1.29 is 9.72 Å². The van der Waals surface area contributed by atoms with Crippen molar-refractivity contribution in [2.24, 2.45) is 10.8 Å². The van der Waals surface area contributed by atoms with Gasteiger partial charge in [-0.3, -0.25) is 15.5 Å². The molecule has 1 aromatic carbocycles. The highest BCUT2D eigenvalue weighted by Gasteiger charge is 2.02. The molecule has 0 saturated carbocycles. The maximum absolute atomic E-state index is 10.6. The first-order chi connectivity index (χ1) is 7.13. The molecule has 1 rings (SSSR count). The first-order valence-corrected chi connectivity index (χ1v) is 3.92. The Morgan fingerprint density at radius 3 is 2.53 bits per heavy atom. The summed E-state index contributed by atoms with van der Waals surface area (Å²) in [4.78, 5) is 23.8. The van der Waals surface area contributed by atoms with Crippen molar-refractivity contribution in [3.63, 3.8) is 0 Å². The van der Waals surface area contributed by atoms with Crippen molar-refractivity contribution in [2.45, 2.75) is 0 Å². The summed E-state index contributed by atoms with van der Waals surface area (Å²) in [5.74, 6) is 4.80. The summed E-state index contributed by atoms with van der Waals surface area (Å²) >= 11 is 0. The first-order valence-electron chi connectivity index (χ1n) is 3.92. The lowest BCUT2D eigenvalue weighted by Gasteiger charge is -1.93. The number of amides is 2. The van der Waals surface area contributed by atoms with Crippen LogP contribution >= 0.6 is 0 Å². The number of nitrogens with two attached hydrogens (primary N) is 1. The third-order valence-electron chi connectivity index (χ3n) is 1.56. The molecular formula is C8H8N4O3. The van der Waals surface area contributed by atoms with Gasteiger partial charge in [0.05, 0.1) is 4.92 Å². The van der Waals surface area contributed by atoms with E-state index in [1.807, 2.05) is 5.43 Å². The molecular weight excluding hydrogens is 200 g/mol. The van der Waals surface area contributed by atoms with Gasteiger partial charge in [0.2, 0.25) is 0 Å². The van der Waals surface area contributed by atoms with Gasteiger partial charge in [0.25, 0.3) is 5.69 Å². The molecule has 0 aliphatic carbocycles. The van der Waals surface area contributed by atoms with Gasteiger partial charge in [-0.25, -0.2) is 15.6 Å². The molecule has 0 unspecified atom stereocenters. The lowest BCUT2D eigenvalue weighted by molar-refractivity contribution is -0.384. The van der Waals surface area contributed by atoms with E-state index in [0.29, 0.717) is 5.56 Å². The van der Waals surface area contributed by atoms with Gasteiger partial charge < -0.3 is 0 Å². The summed E-state index contributed by atoms with van der Waals surface area (Å²) < 4.78 is 0. The van der Waals surface area contributed by atoms with E-state index >= 15 is 0 Å². The predicted molar refractivity (Wildman–Crippen MR) is 53.4 cm³/mol. The highest BCUT2D eigenvalue weighted by molar-refractivity contribution is 5.90. The van der Waals surface area contributed by atoms with E-state index < -0.39 is 11.0 Å². The van der Waals surface area contributed by atoms with Gasteiger partial charge in [-0.1, -0.05) is 0 Å². The van der Waals surface area contributed by atoms with Crippen LogP contribution in [0.1, 0.15) is 5.56 Å². The van der Waals surface area contributed by atoms with E-state index in [1.165, 1.54) is 30.5 Å². The van der Waals surface area contributed by atoms with Crippen LogP contribution in [-0.4, -0.2) is 17.2 Å². The Hall–Kier alpha value is -2.28. The fourth-order valence-corrected chi connectivity index (χ4v) is 0.853. The minimum absolute atomic E-state index is 0.0181. The summed E-state index contributed by atoms with van der Waals surface area (Å²) in [6.45, 7) is 0. The van der Waals surface area contributed by atoms with E-state index in [9.17, 15) is 14.9 Å². The Balaban J connectivity index is 2.77. The fourth-order valence-electron chi connectivity index (χ4n) is 0.853. The molecule has 0 aromatic heterocycles. The van der Waals surface area contributed by atoms with Gasteiger partial charge in [-0.2, -0.15) is 0 Å². The molecule has 78 valence electrons. The molecule has 0 aliphatic rings. The number of nitrogens with one attached hydrogen (secondary N) is 1. The predicted octanol–water partition coefficient (Wildman–Crippen LogP) is 0.597. The lowest BCUT2D eigenvalue weighted by atomic mass is 10.2. The molecule has 7 nitrogen and oxygen atoms in total. The van der Waals surface area contributed by atoms with Crippen molar-refractivity contribution in [1.82, 2.24) is 5.43 Å².